The molecule has 1 N–H and O–H groups in total. The number of nitrogens with zero attached hydrogens (tertiary/aromatic N) is 1. The fraction of sp³-hybridized carbons (Fsp3) is 0.243. The van der Waals surface area contributed by atoms with E-state index in [-0.39, 0.29) is 12.1 Å². The Morgan fingerprint density at radius 3 is 2.59 bits per heavy atom. The van der Waals surface area contributed by atoms with Gasteiger partial charge in [-0.2, -0.15) is 0 Å². The molecule has 0 spiro atoms. The highest BCUT2D eigenvalue weighted by molar-refractivity contribution is 8.03. The van der Waals surface area contributed by atoms with Crippen molar-refractivity contribution < 1.29 is 4.74 Å². The normalized spacial score (nSPS) is 27.0. The summed E-state index contributed by atoms with van der Waals surface area (Å²) in [5.74, 6) is 1.99. The Morgan fingerprint density at radius 2 is 1.76 bits per heavy atom. The first-order chi connectivity index (χ1) is 20.2. The Balaban J connectivity index is 1.22. The quantitative estimate of drug-likeness (QED) is 0.400. The van der Waals surface area contributed by atoms with Crippen LogP contribution in [0.3, 0.4) is 0 Å². The molecule has 5 aliphatic rings. The van der Waals surface area contributed by atoms with E-state index < -0.39 is 0 Å². The smallest absolute Gasteiger partial charge is 0.115 e. The molecule has 1 saturated heterocycles. The van der Waals surface area contributed by atoms with E-state index in [0.717, 1.165) is 30.8 Å². The van der Waals surface area contributed by atoms with E-state index in [9.17, 15) is 0 Å². The predicted octanol–water partition coefficient (Wildman–Crippen LogP) is 8.41. The number of allylic oxidation sites excluding steroid dienone is 6. The number of thioether (sulfide) groups is 1. The maximum absolute atomic E-state index is 5.74. The second kappa shape index (κ2) is 11.2. The minimum Gasteiger partial charge on any atom is -0.497 e. The van der Waals surface area contributed by atoms with Crippen molar-refractivity contribution in [2.24, 2.45) is 0 Å². The topological polar surface area (TPSA) is 24.5 Å². The van der Waals surface area contributed by atoms with Gasteiger partial charge in [-0.1, -0.05) is 78.9 Å². The lowest BCUT2D eigenvalue weighted by atomic mass is 9.88. The number of benzene rings is 2. The number of methoxy groups -OCH3 is 1. The third-order valence-electron chi connectivity index (χ3n) is 8.79. The van der Waals surface area contributed by atoms with Crippen LogP contribution in [0.4, 0.5) is 5.69 Å². The van der Waals surface area contributed by atoms with Crippen LogP contribution in [-0.4, -0.2) is 31.0 Å². The third kappa shape index (κ3) is 4.95. The van der Waals surface area contributed by atoms with E-state index in [1.807, 2.05) is 11.8 Å². The van der Waals surface area contributed by atoms with Gasteiger partial charge in [0, 0.05) is 33.7 Å². The lowest BCUT2D eigenvalue weighted by Gasteiger charge is -2.33. The van der Waals surface area contributed by atoms with Crippen molar-refractivity contribution in [1.82, 2.24) is 5.32 Å². The molecule has 206 valence electrons. The number of hydrogen-bond acceptors (Lipinski definition) is 4. The van der Waals surface area contributed by atoms with Gasteiger partial charge in [0.15, 0.2) is 0 Å². The highest BCUT2D eigenvalue weighted by atomic mass is 32.2. The molecular weight excluding hydrogens is 520 g/mol. The number of nitrogens with one attached hydrogen (secondary N) is 1. The third-order valence-corrected chi connectivity index (χ3v) is 9.85. The van der Waals surface area contributed by atoms with Gasteiger partial charge >= 0.3 is 0 Å². The van der Waals surface area contributed by atoms with Crippen LogP contribution in [0.2, 0.25) is 0 Å². The first-order valence-corrected chi connectivity index (χ1v) is 15.6. The SMILES string of the molecule is COC1=CCC2C(=C1)C1=C(NC3C=CC4=C(C3)/C(C)=C/C=C\CS4)C=CCC1N2c1ccc(-c2ccccc2)cc1. The summed E-state index contributed by atoms with van der Waals surface area (Å²) in [4.78, 5) is 4.05. The summed E-state index contributed by atoms with van der Waals surface area (Å²) in [5, 5.41) is 3.98. The van der Waals surface area contributed by atoms with Crippen LogP contribution >= 0.6 is 11.8 Å². The molecule has 3 unspecified atom stereocenters. The number of rotatable bonds is 5. The van der Waals surface area contributed by atoms with Gasteiger partial charge < -0.3 is 15.0 Å². The molecule has 0 radical (unpaired) electrons. The second-order valence-electron chi connectivity index (χ2n) is 11.2. The highest BCUT2D eigenvalue weighted by Crippen LogP contribution is 2.46. The molecule has 2 aromatic carbocycles. The van der Waals surface area contributed by atoms with Crippen molar-refractivity contribution in [2.45, 2.75) is 44.3 Å². The standard InChI is InChI=1S/C37H36N2OS/c1-25-9-6-7-22-41-36-21-16-28(23-31(25)36)38-33-12-8-13-35-37(33)32-24-30(40-2)19-20-34(32)39(35)29-17-14-27(15-18-29)26-10-4-3-5-11-26/h3-12,14-19,21,24,28,34-35,38H,13,20,22-23H2,1-2H3/b7-6-,25-9+. The summed E-state index contributed by atoms with van der Waals surface area (Å²) >= 11 is 1.94. The Labute approximate surface area is 248 Å². The molecule has 41 heavy (non-hydrogen) atoms. The van der Waals surface area contributed by atoms with Crippen molar-refractivity contribution in [3.8, 4) is 11.1 Å². The average Bonchev–Trinajstić information content (AvgIpc) is 3.35. The molecule has 2 aromatic rings. The lowest BCUT2D eigenvalue weighted by molar-refractivity contribution is 0.302. The summed E-state index contributed by atoms with van der Waals surface area (Å²) < 4.78 is 5.74. The van der Waals surface area contributed by atoms with Gasteiger partial charge in [0.05, 0.1) is 19.2 Å². The van der Waals surface area contributed by atoms with E-state index in [1.165, 1.54) is 49.7 Å². The first-order valence-electron chi connectivity index (χ1n) is 14.6. The minimum atomic E-state index is 0.256. The van der Waals surface area contributed by atoms with Crippen LogP contribution < -0.4 is 10.2 Å². The zero-order valence-corrected chi connectivity index (χ0v) is 24.5. The van der Waals surface area contributed by atoms with Crippen molar-refractivity contribution in [3.63, 3.8) is 0 Å². The van der Waals surface area contributed by atoms with Crippen molar-refractivity contribution in [3.05, 3.63) is 148 Å². The average molecular weight is 557 g/mol. The van der Waals surface area contributed by atoms with E-state index in [4.69, 9.17) is 4.74 Å². The number of anilines is 1. The molecular formula is C37H36N2OS. The molecule has 0 bridgehead atoms. The predicted molar refractivity (Wildman–Crippen MR) is 174 cm³/mol. The largest absolute Gasteiger partial charge is 0.497 e. The summed E-state index contributed by atoms with van der Waals surface area (Å²) in [6.45, 7) is 2.24. The fourth-order valence-electron chi connectivity index (χ4n) is 6.78. The van der Waals surface area contributed by atoms with Crippen molar-refractivity contribution >= 4 is 17.4 Å². The van der Waals surface area contributed by atoms with Gasteiger partial charge in [-0.3, -0.25) is 0 Å². The Bertz CT molecular complexity index is 1580. The maximum atomic E-state index is 5.74. The number of fused-ring (bicyclic) bond motifs is 3. The Morgan fingerprint density at radius 1 is 0.927 bits per heavy atom. The van der Waals surface area contributed by atoms with Crippen LogP contribution in [0, 0.1) is 0 Å². The molecule has 1 fully saturated rings. The molecule has 3 aliphatic carbocycles. The summed E-state index contributed by atoms with van der Waals surface area (Å²) in [6, 6.07) is 20.6. The Hall–Kier alpha value is -3.89. The second-order valence-corrected chi connectivity index (χ2v) is 12.3. The Kier molecular flexibility index (Phi) is 7.10. The van der Waals surface area contributed by atoms with E-state index in [1.54, 1.807) is 7.11 Å². The zero-order valence-electron chi connectivity index (χ0n) is 23.7. The van der Waals surface area contributed by atoms with Gasteiger partial charge in [0.1, 0.15) is 5.76 Å². The van der Waals surface area contributed by atoms with Crippen LogP contribution in [0.1, 0.15) is 26.2 Å². The molecule has 3 atom stereocenters. The van der Waals surface area contributed by atoms with Gasteiger partial charge in [0.25, 0.3) is 0 Å². The van der Waals surface area contributed by atoms with Crippen LogP contribution in [0.5, 0.6) is 0 Å². The van der Waals surface area contributed by atoms with E-state index >= 15 is 0 Å². The van der Waals surface area contributed by atoms with Gasteiger partial charge in [-0.25, -0.2) is 0 Å². The molecule has 7 rings (SSSR count). The van der Waals surface area contributed by atoms with Crippen LogP contribution in [0.25, 0.3) is 11.1 Å². The molecule has 4 heteroatoms. The number of ether oxygens (including phenoxy) is 1. The molecule has 2 aliphatic heterocycles. The van der Waals surface area contributed by atoms with E-state index in [2.05, 4.69) is 126 Å². The van der Waals surface area contributed by atoms with Crippen molar-refractivity contribution in [2.75, 3.05) is 17.8 Å². The molecule has 0 amide bonds. The monoisotopic (exact) mass is 556 g/mol. The highest BCUT2D eigenvalue weighted by Gasteiger charge is 2.44. The van der Waals surface area contributed by atoms with Gasteiger partial charge in [0.2, 0.25) is 0 Å². The van der Waals surface area contributed by atoms with Gasteiger partial charge in [-0.15, -0.1) is 11.8 Å². The fourth-order valence-corrected chi connectivity index (χ4v) is 7.76. The van der Waals surface area contributed by atoms with E-state index in [0.29, 0.717) is 6.04 Å². The summed E-state index contributed by atoms with van der Waals surface area (Å²) in [6.07, 6.45) is 23.5. The van der Waals surface area contributed by atoms with Crippen molar-refractivity contribution in [1.29, 1.82) is 0 Å². The first kappa shape index (κ1) is 26.0. The molecule has 0 aromatic heterocycles. The maximum Gasteiger partial charge on any atom is 0.115 e. The minimum absolute atomic E-state index is 0.256. The lowest BCUT2D eigenvalue weighted by Crippen LogP contribution is -2.38. The number of hydrogen-bond donors (Lipinski definition) is 1. The molecule has 0 saturated carbocycles. The molecule has 2 heterocycles. The summed E-state index contributed by atoms with van der Waals surface area (Å²) in [7, 11) is 1.78. The van der Waals surface area contributed by atoms with Crippen LogP contribution in [-0.2, 0) is 4.74 Å². The van der Waals surface area contributed by atoms with Gasteiger partial charge in [-0.05, 0) is 84.4 Å². The van der Waals surface area contributed by atoms with Crippen LogP contribution in [0.15, 0.2) is 148 Å². The molecule has 3 nitrogen and oxygen atoms in total. The summed E-state index contributed by atoms with van der Waals surface area (Å²) in [5.41, 5.74) is 10.7. The zero-order chi connectivity index (χ0) is 27.8.